The zero-order valence-corrected chi connectivity index (χ0v) is 13.2. The van der Waals surface area contributed by atoms with Gasteiger partial charge in [-0.1, -0.05) is 30.3 Å². The first-order valence-electron chi connectivity index (χ1n) is 6.25. The molecule has 1 atom stereocenters. The normalized spacial score (nSPS) is 11.5. The van der Waals surface area contributed by atoms with Gasteiger partial charge in [-0.25, -0.2) is 4.98 Å². The van der Waals surface area contributed by atoms with E-state index < -0.39 is 0 Å². The van der Waals surface area contributed by atoms with E-state index >= 15 is 0 Å². The van der Waals surface area contributed by atoms with Crippen LogP contribution in [0, 0.1) is 0 Å². The molecule has 0 saturated carbocycles. The van der Waals surface area contributed by atoms with E-state index in [0.29, 0.717) is 18.8 Å². The molecule has 0 aliphatic heterocycles. The molecule has 0 saturated heterocycles. The SMILES string of the molecule is COC(CNC(=O)c1csc(CN)n1)c1ccccc1.Cl. The number of rotatable bonds is 6. The van der Waals surface area contributed by atoms with Gasteiger partial charge < -0.3 is 15.8 Å². The highest BCUT2D eigenvalue weighted by Crippen LogP contribution is 2.15. The zero-order valence-electron chi connectivity index (χ0n) is 11.6. The molecule has 2 rings (SSSR count). The second kappa shape index (κ2) is 8.74. The molecule has 21 heavy (non-hydrogen) atoms. The van der Waals surface area contributed by atoms with Crippen molar-refractivity contribution in [2.75, 3.05) is 13.7 Å². The van der Waals surface area contributed by atoms with E-state index in [1.807, 2.05) is 30.3 Å². The number of nitrogens with zero attached hydrogens (tertiary/aromatic N) is 1. The Morgan fingerprint density at radius 3 is 2.71 bits per heavy atom. The van der Waals surface area contributed by atoms with Gasteiger partial charge in [-0.15, -0.1) is 23.7 Å². The lowest BCUT2D eigenvalue weighted by Gasteiger charge is -2.16. The van der Waals surface area contributed by atoms with Crippen molar-refractivity contribution in [2.24, 2.45) is 5.73 Å². The van der Waals surface area contributed by atoms with Crippen molar-refractivity contribution in [1.29, 1.82) is 0 Å². The van der Waals surface area contributed by atoms with Crippen LogP contribution in [-0.4, -0.2) is 24.5 Å². The maximum absolute atomic E-state index is 12.0. The Morgan fingerprint density at radius 1 is 1.43 bits per heavy atom. The van der Waals surface area contributed by atoms with Gasteiger partial charge in [0, 0.05) is 25.6 Å². The number of benzene rings is 1. The summed E-state index contributed by atoms with van der Waals surface area (Å²) in [4.78, 5) is 16.1. The van der Waals surface area contributed by atoms with Crippen LogP contribution in [0.1, 0.15) is 27.2 Å². The van der Waals surface area contributed by atoms with Crippen LogP contribution in [-0.2, 0) is 11.3 Å². The van der Waals surface area contributed by atoms with Gasteiger partial charge in [-0.2, -0.15) is 0 Å². The van der Waals surface area contributed by atoms with Crippen molar-refractivity contribution in [3.05, 3.63) is 52.0 Å². The third-order valence-electron chi connectivity index (χ3n) is 2.86. The number of methoxy groups -OCH3 is 1. The Morgan fingerprint density at radius 2 is 2.14 bits per heavy atom. The summed E-state index contributed by atoms with van der Waals surface area (Å²) in [6.07, 6.45) is -0.173. The van der Waals surface area contributed by atoms with Gasteiger partial charge in [0.25, 0.3) is 5.91 Å². The molecule has 0 radical (unpaired) electrons. The smallest absolute Gasteiger partial charge is 0.270 e. The van der Waals surface area contributed by atoms with Gasteiger partial charge >= 0.3 is 0 Å². The van der Waals surface area contributed by atoms with Crippen molar-refractivity contribution in [3.63, 3.8) is 0 Å². The molecule has 3 N–H and O–H groups in total. The minimum absolute atomic E-state index is 0. The molecule has 1 heterocycles. The molecule has 0 aliphatic rings. The van der Waals surface area contributed by atoms with Crippen molar-refractivity contribution in [1.82, 2.24) is 10.3 Å². The number of carbonyl (C=O) groups is 1. The summed E-state index contributed by atoms with van der Waals surface area (Å²) in [5.41, 5.74) is 6.90. The molecule has 1 unspecified atom stereocenters. The molecule has 114 valence electrons. The first kappa shape index (κ1) is 17.6. The molecule has 1 amide bonds. The number of amides is 1. The van der Waals surface area contributed by atoms with E-state index in [0.717, 1.165) is 10.6 Å². The lowest BCUT2D eigenvalue weighted by atomic mass is 10.1. The number of aromatic nitrogens is 1. The van der Waals surface area contributed by atoms with Gasteiger partial charge in [0.15, 0.2) is 0 Å². The lowest BCUT2D eigenvalue weighted by Crippen LogP contribution is -2.29. The van der Waals surface area contributed by atoms with Crippen LogP contribution in [0.15, 0.2) is 35.7 Å². The summed E-state index contributed by atoms with van der Waals surface area (Å²) in [6.45, 7) is 0.748. The average molecular weight is 328 g/mol. The van der Waals surface area contributed by atoms with E-state index in [1.165, 1.54) is 11.3 Å². The predicted molar refractivity (Wildman–Crippen MR) is 85.8 cm³/mol. The third kappa shape index (κ3) is 4.78. The van der Waals surface area contributed by atoms with Crippen molar-refractivity contribution < 1.29 is 9.53 Å². The molecule has 1 aromatic heterocycles. The van der Waals surface area contributed by atoms with Gasteiger partial charge in [0.1, 0.15) is 10.7 Å². The number of hydrogen-bond donors (Lipinski definition) is 2. The van der Waals surface area contributed by atoms with Gasteiger partial charge in [-0.05, 0) is 5.56 Å². The molecule has 2 aromatic rings. The number of nitrogens with one attached hydrogen (secondary N) is 1. The number of nitrogens with two attached hydrogens (primary N) is 1. The lowest BCUT2D eigenvalue weighted by molar-refractivity contribution is 0.0824. The highest BCUT2D eigenvalue weighted by Gasteiger charge is 2.14. The number of thiazole rings is 1. The summed E-state index contributed by atoms with van der Waals surface area (Å²) in [5, 5.41) is 5.29. The molecule has 1 aromatic carbocycles. The Labute approximate surface area is 133 Å². The van der Waals surface area contributed by atoms with Crippen LogP contribution in [0.25, 0.3) is 0 Å². The van der Waals surface area contributed by atoms with E-state index in [9.17, 15) is 4.79 Å². The Kier molecular flexibility index (Phi) is 7.31. The number of ether oxygens (including phenoxy) is 1. The number of hydrogen-bond acceptors (Lipinski definition) is 5. The summed E-state index contributed by atoms with van der Waals surface area (Å²) in [5.74, 6) is -0.209. The van der Waals surface area contributed by atoms with Crippen LogP contribution in [0.2, 0.25) is 0 Å². The molecule has 0 bridgehead atoms. The van der Waals surface area contributed by atoms with Gasteiger partial charge in [-0.3, -0.25) is 4.79 Å². The van der Waals surface area contributed by atoms with E-state index in [-0.39, 0.29) is 24.4 Å². The monoisotopic (exact) mass is 327 g/mol. The summed E-state index contributed by atoms with van der Waals surface area (Å²) in [6, 6.07) is 9.76. The predicted octanol–water partition coefficient (Wildman–Crippen LogP) is 2.14. The molecule has 0 fully saturated rings. The summed E-state index contributed by atoms with van der Waals surface area (Å²) >= 11 is 1.39. The number of carbonyl (C=O) groups excluding carboxylic acids is 1. The van der Waals surface area contributed by atoms with E-state index in [1.54, 1.807) is 12.5 Å². The maximum Gasteiger partial charge on any atom is 0.270 e. The largest absolute Gasteiger partial charge is 0.375 e. The molecule has 0 aliphatic carbocycles. The molecule has 5 nitrogen and oxygen atoms in total. The van der Waals surface area contributed by atoms with Crippen LogP contribution in [0.5, 0.6) is 0 Å². The fourth-order valence-electron chi connectivity index (χ4n) is 1.79. The fraction of sp³-hybridized carbons (Fsp3) is 0.286. The summed E-state index contributed by atoms with van der Waals surface area (Å²) < 4.78 is 5.40. The highest BCUT2D eigenvalue weighted by molar-refractivity contribution is 7.09. The fourth-order valence-corrected chi connectivity index (χ4v) is 2.44. The Bertz CT molecular complexity index is 562. The second-order valence-corrected chi connectivity index (χ2v) is 5.12. The van der Waals surface area contributed by atoms with Crippen LogP contribution < -0.4 is 11.1 Å². The highest BCUT2D eigenvalue weighted by atomic mass is 35.5. The van der Waals surface area contributed by atoms with Crippen LogP contribution in [0.3, 0.4) is 0 Å². The van der Waals surface area contributed by atoms with Gasteiger partial charge in [0.2, 0.25) is 0 Å². The zero-order chi connectivity index (χ0) is 14.4. The van der Waals surface area contributed by atoms with E-state index in [2.05, 4.69) is 10.3 Å². The first-order valence-corrected chi connectivity index (χ1v) is 7.13. The maximum atomic E-state index is 12.0. The number of halogens is 1. The van der Waals surface area contributed by atoms with Crippen LogP contribution >= 0.6 is 23.7 Å². The quantitative estimate of drug-likeness (QED) is 0.852. The topological polar surface area (TPSA) is 77.2 Å². The first-order chi connectivity index (χ1) is 9.74. The Hall–Kier alpha value is -1.47. The minimum atomic E-state index is -0.209. The minimum Gasteiger partial charge on any atom is -0.375 e. The second-order valence-electron chi connectivity index (χ2n) is 4.18. The molecular formula is C14H18ClN3O2S. The van der Waals surface area contributed by atoms with Crippen molar-refractivity contribution in [2.45, 2.75) is 12.6 Å². The van der Waals surface area contributed by atoms with Crippen molar-refractivity contribution >= 4 is 29.7 Å². The molecule has 7 heteroatoms. The van der Waals surface area contributed by atoms with Gasteiger partial charge in [0.05, 0.1) is 6.10 Å². The third-order valence-corrected chi connectivity index (χ3v) is 3.73. The Balaban J connectivity index is 0.00000220. The summed E-state index contributed by atoms with van der Waals surface area (Å²) in [7, 11) is 1.62. The van der Waals surface area contributed by atoms with Crippen LogP contribution in [0.4, 0.5) is 0 Å². The molecular weight excluding hydrogens is 310 g/mol. The standard InChI is InChI=1S/C14H17N3O2S.ClH/c1-19-12(10-5-3-2-4-6-10)8-16-14(18)11-9-20-13(7-15)17-11;/h2-6,9,12H,7-8,15H2,1H3,(H,16,18);1H. The van der Waals surface area contributed by atoms with Crippen molar-refractivity contribution in [3.8, 4) is 0 Å². The van der Waals surface area contributed by atoms with E-state index in [4.69, 9.17) is 10.5 Å². The average Bonchev–Trinajstić information content (AvgIpc) is 2.98. The molecule has 0 spiro atoms.